The second-order valence-corrected chi connectivity index (χ2v) is 7.78. The molecule has 0 aliphatic carbocycles. The number of aryl methyl sites for hydroxylation is 1. The number of ether oxygens (including phenoxy) is 1. The van der Waals surface area contributed by atoms with Crippen LogP contribution in [0.25, 0.3) is 0 Å². The van der Waals surface area contributed by atoms with Crippen molar-refractivity contribution in [3.8, 4) is 5.75 Å². The zero-order valence-corrected chi connectivity index (χ0v) is 14.6. The van der Waals surface area contributed by atoms with Crippen LogP contribution in [0.4, 0.5) is 5.69 Å². The van der Waals surface area contributed by atoms with E-state index in [9.17, 15) is 0 Å². The number of nitrogens with one attached hydrogen (secondary N) is 5. The molecule has 0 amide bonds. The van der Waals surface area contributed by atoms with Gasteiger partial charge in [0.15, 0.2) is 10.7 Å². The SMILES string of the molecule is COc1ccc(C)cc1NC(=S)NC12C[NH+]3C[NH+](C[NH+](C3)C1)C2. The van der Waals surface area contributed by atoms with Gasteiger partial charge in [0.2, 0.25) is 20.0 Å². The molecule has 4 aliphatic rings. The summed E-state index contributed by atoms with van der Waals surface area (Å²) in [4.78, 5) is 5.09. The molecular weight excluding hydrogens is 310 g/mol. The Kier molecular flexibility index (Phi) is 3.68. The lowest BCUT2D eigenvalue weighted by Gasteiger charge is -2.52. The fourth-order valence-corrected chi connectivity index (χ4v) is 5.02. The second-order valence-electron chi connectivity index (χ2n) is 7.37. The molecule has 0 atom stereocenters. The Balaban J connectivity index is 1.47. The third kappa shape index (κ3) is 2.89. The number of hydrogen-bond donors (Lipinski definition) is 5. The molecule has 23 heavy (non-hydrogen) atoms. The van der Waals surface area contributed by atoms with Gasteiger partial charge in [-0.2, -0.15) is 0 Å². The standard InChI is InChI=1S/C16H23N5OS/c1-12-3-4-14(22-2)13(5-12)17-15(23)18-16-6-19-9-20(7-16)11-21(8-16)10-19/h3-5H,6-11H2,1-2H3,(H2,17,18,23)/p+3. The van der Waals surface area contributed by atoms with Crippen LogP contribution in [0.1, 0.15) is 5.56 Å². The zero-order valence-electron chi connectivity index (χ0n) is 13.8. The molecular formula is C16H26N5OS+3. The van der Waals surface area contributed by atoms with Crippen molar-refractivity contribution >= 4 is 23.0 Å². The van der Waals surface area contributed by atoms with Gasteiger partial charge in [0.05, 0.1) is 12.8 Å². The Morgan fingerprint density at radius 3 is 2.30 bits per heavy atom. The summed E-state index contributed by atoms with van der Waals surface area (Å²) in [6, 6.07) is 6.10. The molecule has 4 bridgehead atoms. The predicted molar refractivity (Wildman–Crippen MR) is 91.9 cm³/mol. The van der Waals surface area contributed by atoms with Crippen molar-refractivity contribution in [3.05, 3.63) is 23.8 Å². The third-order valence-electron chi connectivity index (χ3n) is 5.25. The number of benzene rings is 1. The van der Waals surface area contributed by atoms with Crippen molar-refractivity contribution in [2.45, 2.75) is 12.5 Å². The molecule has 5 rings (SSSR count). The zero-order chi connectivity index (χ0) is 16.0. The minimum atomic E-state index is 0.135. The van der Waals surface area contributed by atoms with Crippen LogP contribution in [-0.4, -0.2) is 57.4 Å². The minimum absolute atomic E-state index is 0.135. The van der Waals surface area contributed by atoms with Crippen LogP contribution in [0.15, 0.2) is 18.2 Å². The van der Waals surface area contributed by atoms with Gasteiger partial charge in [-0.05, 0) is 36.8 Å². The maximum atomic E-state index is 5.62. The molecule has 1 aromatic rings. The first-order valence-corrected chi connectivity index (χ1v) is 8.71. The van der Waals surface area contributed by atoms with Gasteiger partial charge in [-0.3, -0.25) is 0 Å². The number of thiocarbonyl (C=S) groups is 1. The van der Waals surface area contributed by atoms with Crippen molar-refractivity contribution in [1.29, 1.82) is 0 Å². The quantitative estimate of drug-likeness (QED) is 0.374. The van der Waals surface area contributed by atoms with Crippen molar-refractivity contribution in [3.63, 3.8) is 0 Å². The van der Waals surface area contributed by atoms with E-state index in [-0.39, 0.29) is 5.54 Å². The number of rotatable bonds is 3. The van der Waals surface area contributed by atoms with Gasteiger partial charge in [0.25, 0.3) is 0 Å². The van der Waals surface area contributed by atoms with E-state index in [4.69, 9.17) is 17.0 Å². The van der Waals surface area contributed by atoms with Gasteiger partial charge in [0, 0.05) is 0 Å². The second kappa shape index (κ2) is 5.59. The van der Waals surface area contributed by atoms with Crippen molar-refractivity contribution in [2.24, 2.45) is 0 Å². The van der Waals surface area contributed by atoms with E-state index in [1.165, 1.54) is 45.2 Å². The average molecular weight is 336 g/mol. The molecule has 0 unspecified atom stereocenters. The first kappa shape index (κ1) is 15.1. The highest BCUT2D eigenvalue weighted by molar-refractivity contribution is 7.80. The Morgan fingerprint density at radius 2 is 1.74 bits per heavy atom. The van der Waals surface area contributed by atoms with Crippen LogP contribution in [-0.2, 0) is 0 Å². The average Bonchev–Trinajstić information content (AvgIpc) is 2.45. The first-order chi connectivity index (χ1) is 11.0. The van der Waals surface area contributed by atoms with E-state index < -0.39 is 0 Å². The smallest absolute Gasteiger partial charge is 0.213 e. The van der Waals surface area contributed by atoms with E-state index in [2.05, 4.69) is 23.6 Å². The molecule has 0 spiro atoms. The highest BCUT2D eigenvalue weighted by Crippen LogP contribution is 2.25. The largest absolute Gasteiger partial charge is 0.495 e. The van der Waals surface area contributed by atoms with Crippen LogP contribution in [0.5, 0.6) is 5.75 Å². The van der Waals surface area contributed by atoms with Gasteiger partial charge in [-0.1, -0.05) is 6.07 Å². The number of methoxy groups -OCH3 is 1. The van der Waals surface area contributed by atoms with Crippen LogP contribution in [0, 0.1) is 6.92 Å². The maximum absolute atomic E-state index is 5.62. The summed E-state index contributed by atoms with van der Waals surface area (Å²) in [7, 11) is 1.69. The van der Waals surface area contributed by atoms with Gasteiger partial charge in [0.1, 0.15) is 25.4 Å². The molecule has 124 valence electrons. The van der Waals surface area contributed by atoms with Crippen LogP contribution in [0.3, 0.4) is 0 Å². The third-order valence-corrected chi connectivity index (χ3v) is 5.45. The molecule has 5 N–H and O–H groups in total. The maximum Gasteiger partial charge on any atom is 0.213 e. The summed E-state index contributed by atoms with van der Waals surface area (Å²) >= 11 is 5.62. The van der Waals surface area contributed by atoms with Gasteiger partial charge < -0.3 is 15.4 Å². The van der Waals surface area contributed by atoms with Crippen LogP contribution >= 0.6 is 12.2 Å². The summed E-state index contributed by atoms with van der Waals surface area (Å²) < 4.78 is 5.43. The highest BCUT2D eigenvalue weighted by Gasteiger charge is 2.57. The van der Waals surface area contributed by atoms with Crippen LogP contribution < -0.4 is 30.1 Å². The molecule has 6 nitrogen and oxygen atoms in total. The van der Waals surface area contributed by atoms with E-state index in [0.29, 0.717) is 5.11 Å². The fraction of sp³-hybridized carbons (Fsp3) is 0.562. The van der Waals surface area contributed by atoms with Gasteiger partial charge in [-0.25, -0.2) is 14.7 Å². The number of anilines is 1. The Morgan fingerprint density at radius 1 is 1.13 bits per heavy atom. The molecule has 0 saturated carbocycles. The molecule has 0 radical (unpaired) electrons. The topological polar surface area (TPSA) is 46.6 Å². The van der Waals surface area contributed by atoms with Gasteiger partial charge >= 0.3 is 0 Å². The number of hydrogen-bond acceptors (Lipinski definition) is 2. The monoisotopic (exact) mass is 336 g/mol. The molecule has 4 heterocycles. The summed E-state index contributed by atoms with van der Waals surface area (Å²) in [6.07, 6.45) is 0. The molecule has 4 fully saturated rings. The Bertz CT molecular complexity index is 600. The Labute approximate surface area is 142 Å². The predicted octanol–water partition coefficient (Wildman–Crippen LogP) is -3.40. The van der Waals surface area contributed by atoms with E-state index >= 15 is 0 Å². The molecule has 1 aromatic carbocycles. The van der Waals surface area contributed by atoms with E-state index in [1.807, 2.05) is 12.1 Å². The summed E-state index contributed by atoms with van der Waals surface area (Å²) in [5.41, 5.74) is 2.26. The lowest BCUT2D eigenvalue weighted by Crippen LogP contribution is -3.56. The molecule has 7 heteroatoms. The molecule has 0 aromatic heterocycles. The summed E-state index contributed by atoms with van der Waals surface area (Å²) in [5.74, 6) is 0.823. The first-order valence-electron chi connectivity index (χ1n) is 8.30. The van der Waals surface area contributed by atoms with Crippen molar-refractivity contribution in [2.75, 3.05) is 52.1 Å². The summed E-state index contributed by atoms with van der Waals surface area (Å²) in [6.45, 7) is 9.38. The van der Waals surface area contributed by atoms with Crippen molar-refractivity contribution < 1.29 is 19.4 Å². The minimum Gasteiger partial charge on any atom is -0.495 e. The lowest BCUT2D eigenvalue weighted by molar-refractivity contribution is -1.29. The highest BCUT2D eigenvalue weighted by atomic mass is 32.1. The number of quaternary nitrogens is 3. The Hall–Kier alpha value is -1.41. The molecule has 4 saturated heterocycles. The normalized spacial score (nSPS) is 34.3. The molecule has 4 aliphatic heterocycles. The van der Waals surface area contributed by atoms with E-state index in [1.54, 1.807) is 21.8 Å². The van der Waals surface area contributed by atoms with Crippen LogP contribution in [0.2, 0.25) is 0 Å². The van der Waals surface area contributed by atoms with E-state index in [0.717, 1.165) is 11.4 Å². The summed E-state index contributed by atoms with van der Waals surface area (Å²) in [5, 5.41) is 7.70. The van der Waals surface area contributed by atoms with Crippen molar-refractivity contribution in [1.82, 2.24) is 5.32 Å². The van der Waals surface area contributed by atoms with Gasteiger partial charge in [-0.15, -0.1) is 0 Å². The lowest BCUT2D eigenvalue weighted by atomic mass is 9.91. The fourth-order valence-electron chi connectivity index (χ4n) is 4.69.